The molecule has 0 amide bonds. The number of aromatic nitrogens is 2. The molecule has 0 aliphatic carbocycles. The Kier molecular flexibility index (Phi) is 1.80. The molecule has 0 fully saturated rings. The molecule has 1 rings (SSSR count). The largest absolute Gasteiger partial charge is 0.385 e. The van der Waals surface area contributed by atoms with Crippen molar-refractivity contribution in [3.63, 3.8) is 0 Å². The lowest BCUT2D eigenvalue weighted by Crippen LogP contribution is -2.17. The molecule has 0 aliphatic rings. The van der Waals surface area contributed by atoms with Crippen LogP contribution in [0.25, 0.3) is 0 Å². The van der Waals surface area contributed by atoms with E-state index in [1.165, 1.54) is 6.07 Å². The van der Waals surface area contributed by atoms with Gasteiger partial charge in [-0.15, -0.1) is 0 Å². The second kappa shape index (κ2) is 2.61. The number of hydrogen-bond acceptors (Lipinski definition) is 4. The zero-order chi connectivity index (χ0) is 8.43. The highest BCUT2D eigenvalue weighted by molar-refractivity contribution is 5.37. The van der Waals surface area contributed by atoms with E-state index in [2.05, 4.69) is 10.3 Å². The monoisotopic (exact) mass is 154 g/mol. The smallest absolute Gasteiger partial charge is 0.276 e. The Hall–Kier alpha value is -1.52. The van der Waals surface area contributed by atoms with Gasteiger partial charge in [0.15, 0.2) is 0 Å². The molecule has 1 aromatic rings. The summed E-state index contributed by atoms with van der Waals surface area (Å²) in [5, 5.41) is 2.75. The lowest BCUT2D eigenvalue weighted by atomic mass is 10.5. The van der Waals surface area contributed by atoms with Crippen LogP contribution in [0.2, 0.25) is 0 Å². The third kappa shape index (κ3) is 1.31. The SMILES string of the molecule is CNc1nc(=O)cc(N)n1C. The summed E-state index contributed by atoms with van der Waals surface area (Å²) >= 11 is 0. The molecule has 5 nitrogen and oxygen atoms in total. The van der Waals surface area contributed by atoms with E-state index in [9.17, 15) is 4.79 Å². The first-order valence-corrected chi connectivity index (χ1v) is 3.16. The van der Waals surface area contributed by atoms with Crippen molar-refractivity contribution in [3.05, 3.63) is 16.4 Å². The number of hydrogen-bond donors (Lipinski definition) is 2. The van der Waals surface area contributed by atoms with E-state index in [1.807, 2.05) is 0 Å². The third-order valence-electron chi connectivity index (χ3n) is 1.42. The van der Waals surface area contributed by atoms with Gasteiger partial charge in [-0.1, -0.05) is 0 Å². The predicted molar refractivity (Wildman–Crippen MR) is 43.4 cm³/mol. The van der Waals surface area contributed by atoms with Crippen molar-refractivity contribution in [2.75, 3.05) is 18.1 Å². The molecule has 0 atom stereocenters. The maximum Gasteiger partial charge on any atom is 0.276 e. The normalized spacial score (nSPS) is 9.64. The van der Waals surface area contributed by atoms with Gasteiger partial charge in [-0.05, 0) is 0 Å². The summed E-state index contributed by atoms with van der Waals surface area (Å²) in [5.74, 6) is 0.865. The Morgan fingerprint density at radius 1 is 1.73 bits per heavy atom. The first kappa shape index (κ1) is 7.59. The number of nitrogens with two attached hydrogens (primary N) is 1. The molecule has 11 heavy (non-hydrogen) atoms. The Morgan fingerprint density at radius 2 is 2.36 bits per heavy atom. The molecule has 0 aromatic carbocycles. The summed E-state index contributed by atoms with van der Waals surface area (Å²) < 4.78 is 1.60. The van der Waals surface area contributed by atoms with Gasteiger partial charge in [0.2, 0.25) is 5.95 Å². The highest BCUT2D eigenvalue weighted by atomic mass is 16.1. The number of nitrogen functional groups attached to an aromatic ring is 1. The standard InChI is InChI=1S/C6H10N4O/c1-8-6-9-5(11)3-4(7)10(6)2/h3H,7H2,1-2H3,(H,8,9,11). The molecule has 5 heteroatoms. The van der Waals surface area contributed by atoms with E-state index in [0.717, 1.165) is 0 Å². The molecular formula is C6H10N4O. The molecule has 60 valence electrons. The van der Waals surface area contributed by atoms with E-state index in [0.29, 0.717) is 11.8 Å². The van der Waals surface area contributed by atoms with Crippen molar-refractivity contribution in [1.82, 2.24) is 9.55 Å². The predicted octanol–water partition coefficient (Wildman–Crippen LogP) is -0.596. The van der Waals surface area contributed by atoms with Gasteiger partial charge in [-0.25, -0.2) is 0 Å². The van der Waals surface area contributed by atoms with Gasteiger partial charge in [-0.3, -0.25) is 4.79 Å². The van der Waals surface area contributed by atoms with Crippen molar-refractivity contribution in [1.29, 1.82) is 0 Å². The zero-order valence-corrected chi connectivity index (χ0v) is 6.46. The summed E-state index contributed by atoms with van der Waals surface area (Å²) in [6.45, 7) is 0. The molecule has 0 radical (unpaired) electrons. The number of nitrogens with zero attached hydrogens (tertiary/aromatic N) is 2. The summed E-state index contributed by atoms with van der Waals surface area (Å²) in [4.78, 5) is 14.4. The van der Waals surface area contributed by atoms with Crippen LogP contribution in [0.5, 0.6) is 0 Å². The molecular weight excluding hydrogens is 144 g/mol. The van der Waals surface area contributed by atoms with Crippen molar-refractivity contribution in [3.8, 4) is 0 Å². The fourth-order valence-corrected chi connectivity index (χ4v) is 0.781. The van der Waals surface area contributed by atoms with Gasteiger partial charge < -0.3 is 15.6 Å². The van der Waals surface area contributed by atoms with Crippen LogP contribution in [-0.2, 0) is 7.05 Å². The van der Waals surface area contributed by atoms with Gasteiger partial charge in [-0.2, -0.15) is 4.98 Å². The van der Waals surface area contributed by atoms with E-state index >= 15 is 0 Å². The number of rotatable bonds is 1. The summed E-state index contributed by atoms with van der Waals surface area (Å²) in [6.07, 6.45) is 0. The average Bonchev–Trinajstić information content (AvgIpc) is 1.96. The minimum Gasteiger partial charge on any atom is -0.385 e. The van der Waals surface area contributed by atoms with Crippen LogP contribution in [-0.4, -0.2) is 16.6 Å². The highest BCUT2D eigenvalue weighted by Crippen LogP contribution is 2.02. The van der Waals surface area contributed by atoms with E-state index in [1.54, 1.807) is 18.7 Å². The Bertz CT molecular complexity index is 317. The number of nitrogens with one attached hydrogen (secondary N) is 1. The summed E-state index contributed by atoms with van der Waals surface area (Å²) in [6, 6.07) is 1.28. The van der Waals surface area contributed by atoms with Gasteiger partial charge >= 0.3 is 0 Å². The third-order valence-corrected chi connectivity index (χ3v) is 1.42. The molecule has 0 unspecified atom stereocenters. The molecule has 0 bridgehead atoms. The minimum atomic E-state index is -0.329. The molecule has 0 spiro atoms. The van der Waals surface area contributed by atoms with Gasteiger partial charge in [0.1, 0.15) is 5.82 Å². The number of anilines is 2. The van der Waals surface area contributed by atoms with Crippen molar-refractivity contribution in [2.24, 2.45) is 7.05 Å². The first-order valence-electron chi connectivity index (χ1n) is 3.16. The Morgan fingerprint density at radius 3 is 2.91 bits per heavy atom. The second-order valence-corrected chi connectivity index (χ2v) is 2.15. The topological polar surface area (TPSA) is 72.9 Å². The fraction of sp³-hybridized carbons (Fsp3) is 0.333. The molecule has 1 aromatic heterocycles. The van der Waals surface area contributed by atoms with Crippen LogP contribution in [0.1, 0.15) is 0 Å². The van der Waals surface area contributed by atoms with Crippen molar-refractivity contribution >= 4 is 11.8 Å². The minimum absolute atomic E-state index is 0.329. The van der Waals surface area contributed by atoms with Crippen LogP contribution in [0.15, 0.2) is 10.9 Å². The molecule has 3 N–H and O–H groups in total. The second-order valence-electron chi connectivity index (χ2n) is 2.15. The fourth-order valence-electron chi connectivity index (χ4n) is 0.781. The average molecular weight is 154 g/mol. The van der Waals surface area contributed by atoms with Crippen molar-refractivity contribution in [2.45, 2.75) is 0 Å². The van der Waals surface area contributed by atoms with E-state index in [-0.39, 0.29) is 5.56 Å². The van der Waals surface area contributed by atoms with Gasteiger partial charge in [0.25, 0.3) is 5.56 Å². The van der Waals surface area contributed by atoms with Crippen LogP contribution in [0.3, 0.4) is 0 Å². The van der Waals surface area contributed by atoms with Crippen molar-refractivity contribution < 1.29 is 0 Å². The molecule has 0 aliphatic heterocycles. The van der Waals surface area contributed by atoms with E-state index < -0.39 is 0 Å². The Balaban J connectivity index is 3.36. The van der Waals surface area contributed by atoms with Crippen LogP contribution in [0, 0.1) is 0 Å². The molecule has 0 saturated heterocycles. The van der Waals surface area contributed by atoms with E-state index in [4.69, 9.17) is 5.73 Å². The maximum atomic E-state index is 10.8. The van der Waals surface area contributed by atoms with Crippen LogP contribution >= 0.6 is 0 Å². The molecule has 0 saturated carbocycles. The Labute approximate surface area is 63.9 Å². The summed E-state index contributed by atoms with van der Waals surface area (Å²) in [5.41, 5.74) is 5.15. The van der Waals surface area contributed by atoms with Crippen LogP contribution < -0.4 is 16.6 Å². The quantitative estimate of drug-likeness (QED) is 0.566. The van der Waals surface area contributed by atoms with Gasteiger partial charge in [0.05, 0.1) is 0 Å². The summed E-state index contributed by atoms with van der Waals surface area (Å²) in [7, 11) is 3.41. The first-order chi connectivity index (χ1) is 5.15. The molecule has 1 heterocycles. The highest BCUT2D eigenvalue weighted by Gasteiger charge is 1.99. The maximum absolute atomic E-state index is 10.8. The lowest BCUT2D eigenvalue weighted by molar-refractivity contribution is 0.876. The lowest BCUT2D eigenvalue weighted by Gasteiger charge is -2.07. The van der Waals surface area contributed by atoms with Crippen LogP contribution in [0.4, 0.5) is 11.8 Å². The van der Waals surface area contributed by atoms with Gasteiger partial charge in [0, 0.05) is 20.2 Å². The zero-order valence-electron chi connectivity index (χ0n) is 6.46.